The minimum absolute atomic E-state index is 0.0265. The van der Waals surface area contributed by atoms with E-state index in [2.05, 4.69) is 10.5 Å². The maximum Gasteiger partial charge on any atom is 0.342 e. The lowest BCUT2D eigenvalue weighted by atomic mass is 9.47. The zero-order valence-corrected chi connectivity index (χ0v) is 15.3. The number of hydrazone groups is 1. The molecule has 0 aromatic carbocycles. The number of hydrogen-bond donors (Lipinski definition) is 1. The van der Waals surface area contributed by atoms with Crippen LogP contribution >= 0.6 is 0 Å². The van der Waals surface area contributed by atoms with Crippen molar-refractivity contribution in [2.45, 2.75) is 32.2 Å². The first kappa shape index (κ1) is 16.9. The van der Waals surface area contributed by atoms with Crippen molar-refractivity contribution in [2.24, 2.45) is 46.0 Å². The van der Waals surface area contributed by atoms with Gasteiger partial charge in [0.2, 0.25) is 5.54 Å². The normalized spacial score (nSPS) is 47.8. The monoisotopic (exact) mass is 374 g/mol. The van der Waals surface area contributed by atoms with E-state index in [-0.39, 0.29) is 48.6 Å². The molecule has 144 valence electrons. The first-order valence-corrected chi connectivity index (χ1v) is 9.68. The highest BCUT2D eigenvalue weighted by Crippen LogP contribution is 2.73. The fraction of sp³-hybridized carbons (Fsp3) is 0.737. The number of ketones is 2. The Labute approximate surface area is 156 Å². The van der Waals surface area contributed by atoms with Gasteiger partial charge in [-0.25, -0.2) is 4.79 Å². The summed E-state index contributed by atoms with van der Waals surface area (Å²) in [4.78, 5) is 52.8. The van der Waals surface area contributed by atoms with Crippen LogP contribution in [0.4, 0.5) is 0 Å². The molecule has 5 rings (SSSR count). The zero-order chi connectivity index (χ0) is 19.1. The Morgan fingerprint density at radius 1 is 1.11 bits per heavy atom. The van der Waals surface area contributed by atoms with Crippen molar-refractivity contribution >= 4 is 29.7 Å². The Morgan fingerprint density at radius 2 is 1.81 bits per heavy atom. The SMILES string of the molecule is CCOC(=O)[C@]12NN=C[C@]1(C(=O)OCC)C1C3CC(=O)C4C3CC1C4C2=O. The van der Waals surface area contributed by atoms with Crippen molar-refractivity contribution in [3.63, 3.8) is 0 Å². The largest absolute Gasteiger partial charge is 0.465 e. The Morgan fingerprint density at radius 3 is 2.52 bits per heavy atom. The molecular weight excluding hydrogens is 352 g/mol. The highest BCUT2D eigenvalue weighted by molar-refractivity contribution is 6.22. The quantitative estimate of drug-likeness (QED) is 0.549. The van der Waals surface area contributed by atoms with Gasteiger partial charge in [-0.2, -0.15) is 5.10 Å². The summed E-state index contributed by atoms with van der Waals surface area (Å²) in [6.07, 6.45) is 2.49. The summed E-state index contributed by atoms with van der Waals surface area (Å²) < 4.78 is 10.6. The second-order valence-corrected chi connectivity index (χ2v) is 8.27. The Hall–Kier alpha value is -2.25. The van der Waals surface area contributed by atoms with E-state index in [1.54, 1.807) is 13.8 Å². The van der Waals surface area contributed by atoms with Crippen molar-refractivity contribution in [1.82, 2.24) is 5.43 Å². The van der Waals surface area contributed by atoms with E-state index in [0.717, 1.165) is 6.42 Å². The number of ether oxygens (including phenoxy) is 2. The molecule has 4 fully saturated rings. The fourth-order valence-corrected chi connectivity index (χ4v) is 7.07. The van der Waals surface area contributed by atoms with E-state index >= 15 is 0 Å². The zero-order valence-electron chi connectivity index (χ0n) is 15.3. The minimum Gasteiger partial charge on any atom is -0.465 e. The van der Waals surface area contributed by atoms with Crippen molar-refractivity contribution in [2.75, 3.05) is 13.2 Å². The van der Waals surface area contributed by atoms with E-state index in [0.29, 0.717) is 6.42 Å². The Kier molecular flexibility index (Phi) is 3.24. The lowest BCUT2D eigenvalue weighted by Gasteiger charge is -2.53. The highest BCUT2D eigenvalue weighted by atomic mass is 16.5. The third-order valence-electron chi connectivity index (χ3n) is 7.65. The molecule has 5 aliphatic rings. The molecule has 0 spiro atoms. The smallest absolute Gasteiger partial charge is 0.342 e. The number of Topliss-reactive ketones (excluding diaryl/α,β-unsaturated/α-hetero) is 2. The van der Waals surface area contributed by atoms with Crippen LogP contribution in [0.5, 0.6) is 0 Å². The topological polar surface area (TPSA) is 111 Å². The van der Waals surface area contributed by atoms with Gasteiger partial charge in [0.1, 0.15) is 5.78 Å². The number of nitrogens with zero attached hydrogens (tertiary/aromatic N) is 1. The second kappa shape index (κ2) is 5.17. The van der Waals surface area contributed by atoms with Crippen LogP contribution in [-0.2, 0) is 28.7 Å². The molecule has 1 heterocycles. The van der Waals surface area contributed by atoms with Gasteiger partial charge in [-0.05, 0) is 43.9 Å². The molecule has 8 heteroatoms. The maximum absolute atomic E-state index is 13.7. The van der Waals surface area contributed by atoms with E-state index in [1.165, 1.54) is 6.21 Å². The predicted octanol–water partition coefficient (Wildman–Crippen LogP) is 0.0968. The van der Waals surface area contributed by atoms with Crippen LogP contribution in [0.2, 0.25) is 0 Å². The molecule has 4 saturated carbocycles. The van der Waals surface area contributed by atoms with Gasteiger partial charge in [0.05, 0.1) is 13.2 Å². The van der Waals surface area contributed by atoms with Crippen molar-refractivity contribution in [1.29, 1.82) is 0 Å². The summed E-state index contributed by atoms with van der Waals surface area (Å²) in [7, 11) is 0. The summed E-state index contributed by atoms with van der Waals surface area (Å²) in [6.45, 7) is 3.53. The van der Waals surface area contributed by atoms with Gasteiger partial charge in [-0.1, -0.05) is 0 Å². The molecule has 0 radical (unpaired) electrons. The average molecular weight is 374 g/mol. The van der Waals surface area contributed by atoms with Crippen LogP contribution in [0.25, 0.3) is 0 Å². The van der Waals surface area contributed by atoms with Gasteiger partial charge in [-0.15, -0.1) is 0 Å². The molecular formula is C19H22N2O6. The number of esters is 2. The predicted molar refractivity (Wildman–Crippen MR) is 90.2 cm³/mol. The molecule has 4 aliphatic carbocycles. The van der Waals surface area contributed by atoms with E-state index in [4.69, 9.17) is 9.47 Å². The van der Waals surface area contributed by atoms with E-state index < -0.39 is 34.6 Å². The number of carbonyl (C=O) groups excluding carboxylic acids is 4. The lowest BCUT2D eigenvalue weighted by molar-refractivity contribution is -0.186. The summed E-state index contributed by atoms with van der Waals surface area (Å²) in [5.74, 6) is -3.00. The van der Waals surface area contributed by atoms with E-state index in [1.807, 2.05) is 0 Å². The van der Waals surface area contributed by atoms with Gasteiger partial charge < -0.3 is 9.47 Å². The van der Waals surface area contributed by atoms with Gasteiger partial charge in [-0.3, -0.25) is 19.8 Å². The molecule has 0 saturated heterocycles. The third-order valence-corrected chi connectivity index (χ3v) is 7.65. The molecule has 1 N–H and O–H groups in total. The Bertz CT molecular complexity index is 808. The molecule has 2 bridgehead atoms. The summed E-state index contributed by atoms with van der Waals surface area (Å²) in [5.41, 5.74) is -0.815. The maximum atomic E-state index is 13.7. The van der Waals surface area contributed by atoms with Crippen molar-refractivity contribution < 1.29 is 28.7 Å². The average Bonchev–Trinajstić information content (AvgIpc) is 3.34. The van der Waals surface area contributed by atoms with Crippen LogP contribution in [0.1, 0.15) is 26.7 Å². The molecule has 1 aliphatic heterocycles. The third kappa shape index (κ3) is 1.56. The molecule has 27 heavy (non-hydrogen) atoms. The van der Waals surface area contributed by atoms with Crippen LogP contribution in [0.15, 0.2) is 5.10 Å². The minimum atomic E-state index is -1.93. The molecule has 6 unspecified atom stereocenters. The van der Waals surface area contributed by atoms with Gasteiger partial charge in [0, 0.05) is 24.5 Å². The van der Waals surface area contributed by atoms with Crippen molar-refractivity contribution in [3.05, 3.63) is 0 Å². The highest BCUT2D eigenvalue weighted by Gasteiger charge is 2.85. The number of carbonyl (C=O) groups is 4. The van der Waals surface area contributed by atoms with Crippen molar-refractivity contribution in [3.8, 4) is 0 Å². The summed E-state index contributed by atoms with van der Waals surface area (Å²) in [5, 5.41) is 4.06. The first-order valence-electron chi connectivity index (χ1n) is 9.68. The lowest BCUT2D eigenvalue weighted by Crippen LogP contribution is -2.76. The molecule has 0 amide bonds. The molecule has 8 nitrogen and oxygen atoms in total. The molecule has 0 aromatic rings. The van der Waals surface area contributed by atoms with Gasteiger partial charge in [0.25, 0.3) is 0 Å². The number of hydrogen-bond acceptors (Lipinski definition) is 8. The van der Waals surface area contributed by atoms with E-state index in [9.17, 15) is 19.2 Å². The van der Waals surface area contributed by atoms with Crippen LogP contribution in [0, 0.1) is 40.9 Å². The second-order valence-electron chi connectivity index (χ2n) is 8.27. The summed E-state index contributed by atoms with van der Waals surface area (Å²) in [6, 6.07) is 0. The number of fused-ring (bicyclic) bond motifs is 4. The van der Waals surface area contributed by atoms with Gasteiger partial charge >= 0.3 is 11.9 Å². The van der Waals surface area contributed by atoms with Crippen LogP contribution in [-0.4, -0.2) is 48.5 Å². The molecule has 8 atom stereocenters. The van der Waals surface area contributed by atoms with Crippen LogP contribution < -0.4 is 5.43 Å². The molecule has 0 aromatic heterocycles. The summed E-state index contributed by atoms with van der Waals surface area (Å²) >= 11 is 0. The number of rotatable bonds is 4. The number of nitrogens with one attached hydrogen (secondary N) is 1. The first-order chi connectivity index (χ1) is 13.0. The Balaban J connectivity index is 1.75. The standard InChI is InChI=1S/C19H22N2O6/c1-3-26-16(24)18-7-20-21-19(18,17(25)27-4-2)15(23)13-10-5-8-9(14(10)18)6-11(22)12(8)13/h7-10,12-14,21H,3-6H2,1-2H3/t8?,9?,10?,12?,13?,14?,18-,19+/m1/s1. The fourth-order valence-electron chi connectivity index (χ4n) is 7.07. The van der Waals surface area contributed by atoms with Gasteiger partial charge in [0.15, 0.2) is 11.2 Å². The van der Waals surface area contributed by atoms with Crippen LogP contribution in [0.3, 0.4) is 0 Å².